The molecule has 1 amide bonds. The highest BCUT2D eigenvalue weighted by molar-refractivity contribution is 7.99. The average Bonchev–Trinajstić information content (AvgIpc) is 3.21. The molecule has 8 heteroatoms. The van der Waals surface area contributed by atoms with Crippen molar-refractivity contribution in [1.29, 1.82) is 0 Å². The zero-order chi connectivity index (χ0) is 22.5. The molecular weight excluding hydrogens is 422 g/mol. The Morgan fingerprint density at radius 3 is 2.62 bits per heavy atom. The zero-order valence-electron chi connectivity index (χ0n) is 18.0. The second-order valence-electron chi connectivity index (χ2n) is 7.61. The van der Waals surface area contributed by atoms with Crippen molar-refractivity contribution in [3.8, 4) is 0 Å². The van der Waals surface area contributed by atoms with E-state index in [1.807, 2.05) is 43.3 Å². The van der Waals surface area contributed by atoms with E-state index in [1.54, 1.807) is 16.7 Å². The van der Waals surface area contributed by atoms with E-state index in [0.29, 0.717) is 28.3 Å². The van der Waals surface area contributed by atoms with E-state index < -0.39 is 0 Å². The fourth-order valence-corrected chi connectivity index (χ4v) is 4.51. The molecule has 0 bridgehead atoms. The predicted molar refractivity (Wildman–Crippen MR) is 128 cm³/mol. The molecule has 0 spiro atoms. The summed E-state index contributed by atoms with van der Waals surface area (Å²) in [4.78, 5) is 30.7. The molecule has 1 atom stereocenters. The van der Waals surface area contributed by atoms with E-state index in [2.05, 4.69) is 34.6 Å². The second-order valence-corrected chi connectivity index (χ2v) is 8.55. The van der Waals surface area contributed by atoms with Gasteiger partial charge in [-0.15, -0.1) is 0 Å². The Kier molecular flexibility index (Phi) is 6.70. The van der Waals surface area contributed by atoms with Crippen molar-refractivity contribution in [2.45, 2.75) is 37.9 Å². The van der Waals surface area contributed by atoms with Gasteiger partial charge in [-0.3, -0.25) is 19.3 Å². The van der Waals surface area contributed by atoms with Gasteiger partial charge in [0, 0.05) is 17.8 Å². The molecule has 0 radical (unpaired) electrons. The molecule has 0 aliphatic heterocycles. The quantitative estimate of drug-likeness (QED) is 0.309. The van der Waals surface area contributed by atoms with Crippen LogP contribution in [0.2, 0.25) is 0 Å². The lowest BCUT2D eigenvalue weighted by Crippen LogP contribution is -2.29. The van der Waals surface area contributed by atoms with E-state index >= 15 is 0 Å². The van der Waals surface area contributed by atoms with E-state index in [1.165, 1.54) is 11.8 Å². The van der Waals surface area contributed by atoms with E-state index in [4.69, 9.17) is 4.98 Å². The molecular formula is C24H25N5O2S. The number of H-pyrrole nitrogens is 1. The van der Waals surface area contributed by atoms with Gasteiger partial charge in [-0.2, -0.15) is 5.10 Å². The number of amides is 1. The number of para-hydroxylation sites is 1. The summed E-state index contributed by atoms with van der Waals surface area (Å²) < 4.78 is 1.76. The van der Waals surface area contributed by atoms with Crippen molar-refractivity contribution in [2.75, 3.05) is 11.1 Å². The Bertz CT molecular complexity index is 1280. The van der Waals surface area contributed by atoms with Gasteiger partial charge in [0.15, 0.2) is 11.0 Å². The Morgan fingerprint density at radius 1 is 1.16 bits per heavy atom. The number of hydrogen-bond acceptors (Lipinski definition) is 5. The number of fused-ring (bicyclic) bond motifs is 1. The highest BCUT2D eigenvalue weighted by Crippen LogP contribution is 2.25. The van der Waals surface area contributed by atoms with Gasteiger partial charge in [0.1, 0.15) is 0 Å². The lowest BCUT2D eigenvalue weighted by Gasteiger charge is -2.22. The lowest BCUT2D eigenvalue weighted by molar-refractivity contribution is -0.113. The molecule has 0 saturated carbocycles. The first kappa shape index (κ1) is 21.8. The Morgan fingerprint density at radius 2 is 1.91 bits per heavy atom. The molecule has 1 unspecified atom stereocenters. The van der Waals surface area contributed by atoms with Gasteiger partial charge in [0.05, 0.1) is 16.7 Å². The molecule has 0 saturated heterocycles. The minimum Gasteiger partial charge on any atom is -0.308 e. The monoisotopic (exact) mass is 447 g/mol. The summed E-state index contributed by atoms with van der Waals surface area (Å²) in [5, 5.41) is 10.7. The highest BCUT2D eigenvalue weighted by Gasteiger charge is 2.20. The molecule has 7 nitrogen and oxygen atoms in total. The van der Waals surface area contributed by atoms with Crippen LogP contribution in [0.5, 0.6) is 0 Å². The number of benzene rings is 2. The fraction of sp³-hybridized carbons (Fsp3) is 0.250. The Hall–Kier alpha value is -3.39. The van der Waals surface area contributed by atoms with Crippen LogP contribution in [0.25, 0.3) is 10.9 Å². The number of rotatable bonds is 8. The first-order chi connectivity index (χ1) is 15.5. The van der Waals surface area contributed by atoms with E-state index in [-0.39, 0.29) is 23.3 Å². The first-order valence-corrected chi connectivity index (χ1v) is 11.5. The molecule has 2 N–H and O–H groups in total. The predicted octanol–water partition coefficient (Wildman–Crippen LogP) is 4.35. The number of carbonyl (C=O) groups is 1. The number of hydrogen-bond donors (Lipinski definition) is 2. The Labute approximate surface area is 190 Å². The van der Waals surface area contributed by atoms with Crippen molar-refractivity contribution in [3.63, 3.8) is 0 Å². The molecule has 4 aromatic rings. The number of carbonyl (C=O) groups excluding carboxylic acids is 1. The number of aromatic nitrogens is 4. The molecule has 2 aromatic heterocycles. The number of anilines is 1. The number of aryl methyl sites for hydroxylation is 1. The lowest BCUT2D eigenvalue weighted by atomic mass is 10.0. The number of thioether (sulfide) groups is 1. The van der Waals surface area contributed by atoms with Gasteiger partial charge in [-0.25, -0.2) is 4.98 Å². The van der Waals surface area contributed by atoms with Gasteiger partial charge < -0.3 is 5.32 Å². The molecule has 164 valence electrons. The van der Waals surface area contributed by atoms with Crippen molar-refractivity contribution in [3.05, 3.63) is 82.3 Å². The van der Waals surface area contributed by atoms with Crippen molar-refractivity contribution >= 4 is 34.4 Å². The summed E-state index contributed by atoms with van der Waals surface area (Å²) in [5.74, 6) is 0.400. The standard InChI is InChI=1S/C24H25N5O2S/c1-3-18(14-17-9-5-4-6-10-17)29-23(31)19-11-7-8-12-20(19)25-24(29)32-15-22(30)26-21-13-16(2)27-28-21/h4-13,18H,3,14-15H2,1-2H3,(H2,26,27,28,30). The maximum atomic E-state index is 13.5. The smallest absolute Gasteiger partial charge is 0.262 e. The van der Waals surface area contributed by atoms with Gasteiger partial charge in [0.25, 0.3) is 5.56 Å². The number of nitrogens with one attached hydrogen (secondary N) is 2. The van der Waals surface area contributed by atoms with Crippen molar-refractivity contribution < 1.29 is 4.79 Å². The van der Waals surface area contributed by atoms with Crippen LogP contribution in [0.4, 0.5) is 5.82 Å². The SMILES string of the molecule is CCC(Cc1ccccc1)n1c(SCC(=O)Nc2cc(C)[nH]n2)nc2ccccc2c1=O. The minimum atomic E-state index is -0.202. The third-order valence-electron chi connectivity index (χ3n) is 5.23. The van der Waals surface area contributed by atoms with Crippen LogP contribution in [-0.4, -0.2) is 31.4 Å². The van der Waals surface area contributed by atoms with Gasteiger partial charge >= 0.3 is 0 Å². The van der Waals surface area contributed by atoms with Crippen LogP contribution in [0.1, 0.15) is 30.6 Å². The minimum absolute atomic E-state index is 0.0680. The number of nitrogens with zero attached hydrogens (tertiary/aromatic N) is 3. The Balaban J connectivity index is 1.65. The largest absolute Gasteiger partial charge is 0.308 e. The third-order valence-corrected chi connectivity index (χ3v) is 6.18. The summed E-state index contributed by atoms with van der Waals surface area (Å²) in [5.41, 5.74) is 2.57. The number of aromatic amines is 1. The maximum absolute atomic E-state index is 13.5. The summed E-state index contributed by atoms with van der Waals surface area (Å²) in [6.07, 6.45) is 1.48. The first-order valence-electron chi connectivity index (χ1n) is 10.5. The van der Waals surface area contributed by atoms with E-state index in [9.17, 15) is 9.59 Å². The normalized spacial score (nSPS) is 12.1. The van der Waals surface area contributed by atoms with Crippen LogP contribution in [-0.2, 0) is 11.2 Å². The molecule has 0 aliphatic rings. The third kappa shape index (κ3) is 4.91. The van der Waals surface area contributed by atoms with Gasteiger partial charge in [0.2, 0.25) is 5.91 Å². The molecule has 32 heavy (non-hydrogen) atoms. The maximum Gasteiger partial charge on any atom is 0.262 e. The summed E-state index contributed by atoms with van der Waals surface area (Å²) in [6.45, 7) is 3.93. The van der Waals surface area contributed by atoms with Crippen LogP contribution < -0.4 is 10.9 Å². The molecule has 0 aliphatic carbocycles. The molecule has 2 aromatic carbocycles. The fourth-order valence-electron chi connectivity index (χ4n) is 3.64. The molecule has 0 fully saturated rings. The van der Waals surface area contributed by atoms with Crippen LogP contribution in [0.3, 0.4) is 0 Å². The second kappa shape index (κ2) is 9.82. The van der Waals surface area contributed by atoms with E-state index in [0.717, 1.165) is 17.7 Å². The molecule has 2 heterocycles. The van der Waals surface area contributed by atoms with Crippen molar-refractivity contribution in [1.82, 2.24) is 19.7 Å². The highest BCUT2D eigenvalue weighted by atomic mass is 32.2. The topological polar surface area (TPSA) is 92.7 Å². The van der Waals surface area contributed by atoms with Crippen LogP contribution >= 0.6 is 11.8 Å². The van der Waals surface area contributed by atoms with Gasteiger partial charge in [-0.05, 0) is 37.5 Å². The average molecular weight is 448 g/mol. The zero-order valence-corrected chi connectivity index (χ0v) is 18.9. The summed E-state index contributed by atoms with van der Waals surface area (Å²) >= 11 is 1.27. The van der Waals surface area contributed by atoms with Crippen LogP contribution in [0.15, 0.2) is 70.6 Å². The van der Waals surface area contributed by atoms with Gasteiger partial charge in [-0.1, -0.05) is 61.2 Å². The summed E-state index contributed by atoms with van der Waals surface area (Å²) in [6, 6.07) is 19.1. The molecule has 4 rings (SSSR count). The summed E-state index contributed by atoms with van der Waals surface area (Å²) in [7, 11) is 0. The van der Waals surface area contributed by atoms with Crippen LogP contribution in [0, 0.1) is 6.92 Å². The van der Waals surface area contributed by atoms with Crippen molar-refractivity contribution in [2.24, 2.45) is 0 Å².